The summed E-state index contributed by atoms with van der Waals surface area (Å²) in [5, 5.41) is 5.12. The van der Waals surface area contributed by atoms with E-state index in [1.807, 2.05) is 6.07 Å². The van der Waals surface area contributed by atoms with Crippen LogP contribution in [0.15, 0.2) is 61.1 Å². The van der Waals surface area contributed by atoms with Crippen molar-refractivity contribution < 1.29 is 18.4 Å². The van der Waals surface area contributed by atoms with Crippen LogP contribution in [0.1, 0.15) is 26.4 Å². The molecule has 2 aromatic heterocycles. The van der Waals surface area contributed by atoms with Gasteiger partial charge in [-0.3, -0.25) is 19.6 Å². The van der Waals surface area contributed by atoms with E-state index in [0.29, 0.717) is 0 Å². The summed E-state index contributed by atoms with van der Waals surface area (Å²) in [5.41, 5.74) is 1.12. The molecule has 0 saturated heterocycles. The lowest BCUT2D eigenvalue weighted by molar-refractivity contribution is 0.0946. The topological polar surface area (TPSA) is 84.0 Å². The number of amides is 2. The third-order valence-corrected chi connectivity index (χ3v) is 3.61. The lowest BCUT2D eigenvalue weighted by Gasteiger charge is -2.08. The fraction of sp³-hybridized carbons (Fsp3) is 0.0526. The summed E-state index contributed by atoms with van der Waals surface area (Å²) in [7, 11) is 0. The van der Waals surface area contributed by atoms with Gasteiger partial charge < -0.3 is 10.6 Å². The molecule has 0 unspecified atom stereocenters. The number of benzene rings is 1. The van der Waals surface area contributed by atoms with Crippen molar-refractivity contribution in [2.75, 3.05) is 5.32 Å². The number of nitrogens with one attached hydrogen (secondary N) is 2. The van der Waals surface area contributed by atoms with Gasteiger partial charge in [0.25, 0.3) is 11.8 Å². The molecule has 0 aliphatic rings. The molecule has 27 heavy (non-hydrogen) atoms. The zero-order valence-electron chi connectivity index (χ0n) is 13.9. The van der Waals surface area contributed by atoms with E-state index in [4.69, 9.17) is 0 Å². The van der Waals surface area contributed by atoms with Crippen LogP contribution in [0.2, 0.25) is 0 Å². The second kappa shape index (κ2) is 8.13. The molecule has 1 aromatic carbocycles. The second-order valence-electron chi connectivity index (χ2n) is 5.56. The highest BCUT2D eigenvalue weighted by atomic mass is 19.2. The van der Waals surface area contributed by atoms with Gasteiger partial charge in [0, 0.05) is 42.5 Å². The minimum atomic E-state index is -1.07. The highest BCUT2D eigenvalue weighted by molar-refractivity contribution is 6.05. The molecule has 0 aliphatic carbocycles. The summed E-state index contributed by atoms with van der Waals surface area (Å²) in [4.78, 5) is 32.4. The maximum atomic E-state index is 13.2. The molecule has 0 aliphatic heterocycles. The third kappa shape index (κ3) is 4.69. The minimum Gasteiger partial charge on any atom is -0.347 e. The van der Waals surface area contributed by atoms with E-state index in [0.717, 1.165) is 17.7 Å². The predicted molar refractivity (Wildman–Crippen MR) is 94.0 cm³/mol. The Labute approximate surface area is 153 Å². The van der Waals surface area contributed by atoms with Gasteiger partial charge in [0.1, 0.15) is 5.69 Å². The number of nitrogens with zero attached hydrogens (tertiary/aromatic N) is 2. The average Bonchev–Trinajstić information content (AvgIpc) is 2.70. The van der Waals surface area contributed by atoms with Gasteiger partial charge in [-0.25, -0.2) is 8.78 Å². The standard InChI is InChI=1S/C19H14F2N4O2/c20-15-4-3-14(9-16(15)21)25-18(26)13-5-7-23-17(8-13)19(27)24-11-12-2-1-6-22-10-12/h1-10H,11H2,(H,24,27)(H,25,26). The second-order valence-corrected chi connectivity index (χ2v) is 5.56. The van der Waals surface area contributed by atoms with Crippen LogP contribution in [0.25, 0.3) is 0 Å². The summed E-state index contributed by atoms with van der Waals surface area (Å²) in [5.74, 6) is -3.12. The molecule has 3 rings (SSSR count). The van der Waals surface area contributed by atoms with E-state index >= 15 is 0 Å². The summed E-state index contributed by atoms with van der Waals surface area (Å²) in [6.07, 6.45) is 4.57. The molecule has 0 fully saturated rings. The van der Waals surface area contributed by atoms with Crippen molar-refractivity contribution in [3.8, 4) is 0 Å². The Morgan fingerprint density at radius 3 is 2.56 bits per heavy atom. The number of carbonyl (C=O) groups is 2. The van der Waals surface area contributed by atoms with Crippen molar-refractivity contribution in [3.05, 3.63) is 89.5 Å². The number of aromatic nitrogens is 2. The van der Waals surface area contributed by atoms with E-state index in [-0.39, 0.29) is 23.5 Å². The Kier molecular flexibility index (Phi) is 5.46. The van der Waals surface area contributed by atoms with Gasteiger partial charge >= 0.3 is 0 Å². The van der Waals surface area contributed by atoms with Crippen LogP contribution < -0.4 is 10.6 Å². The first-order chi connectivity index (χ1) is 13.0. The van der Waals surface area contributed by atoms with Gasteiger partial charge in [-0.1, -0.05) is 6.07 Å². The summed E-state index contributed by atoms with van der Waals surface area (Å²) < 4.78 is 26.2. The highest BCUT2D eigenvalue weighted by Gasteiger charge is 2.13. The van der Waals surface area contributed by atoms with Crippen LogP contribution in [0.3, 0.4) is 0 Å². The maximum absolute atomic E-state index is 13.2. The van der Waals surface area contributed by atoms with Crippen LogP contribution in [-0.4, -0.2) is 21.8 Å². The van der Waals surface area contributed by atoms with Crippen LogP contribution >= 0.6 is 0 Å². The zero-order chi connectivity index (χ0) is 19.2. The van der Waals surface area contributed by atoms with E-state index in [1.54, 1.807) is 18.5 Å². The van der Waals surface area contributed by atoms with Crippen LogP contribution in [0.4, 0.5) is 14.5 Å². The number of pyridine rings is 2. The Bertz CT molecular complexity index is 980. The Hall–Kier alpha value is -3.68. The van der Waals surface area contributed by atoms with Gasteiger partial charge in [0.05, 0.1) is 0 Å². The summed E-state index contributed by atoms with van der Waals surface area (Å²) >= 11 is 0. The van der Waals surface area contributed by atoms with Crippen molar-refractivity contribution in [2.45, 2.75) is 6.54 Å². The lowest BCUT2D eigenvalue weighted by Crippen LogP contribution is -2.24. The molecule has 136 valence electrons. The van der Waals surface area contributed by atoms with Gasteiger partial charge in [-0.2, -0.15) is 0 Å². The van der Waals surface area contributed by atoms with Crippen LogP contribution in [0.5, 0.6) is 0 Å². The number of carbonyl (C=O) groups excluding carboxylic acids is 2. The van der Waals surface area contributed by atoms with Crippen molar-refractivity contribution in [3.63, 3.8) is 0 Å². The predicted octanol–water partition coefficient (Wildman–Crippen LogP) is 2.94. The van der Waals surface area contributed by atoms with Crippen LogP contribution in [0, 0.1) is 11.6 Å². The molecule has 0 atom stereocenters. The monoisotopic (exact) mass is 368 g/mol. The van der Waals surface area contributed by atoms with Gasteiger partial charge in [0.2, 0.25) is 0 Å². The molecule has 3 aromatic rings. The lowest BCUT2D eigenvalue weighted by atomic mass is 10.2. The molecule has 8 heteroatoms. The minimum absolute atomic E-state index is 0.0526. The zero-order valence-corrected chi connectivity index (χ0v) is 13.9. The molecule has 0 radical (unpaired) electrons. The highest BCUT2D eigenvalue weighted by Crippen LogP contribution is 2.14. The normalized spacial score (nSPS) is 10.3. The quantitative estimate of drug-likeness (QED) is 0.725. The number of rotatable bonds is 5. The molecular weight excluding hydrogens is 354 g/mol. The van der Waals surface area contributed by atoms with Crippen molar-refractivity contribution >= 4 is 17.5 Å². The molecular formula is C19H14F2N4O2. The van der Waals surface area contributed by atoms with Crippen molar-refractivity contribution in [1.29, 1.82) is 0 Å². The molecule has 2 heterocycles. The number of anilines is 1. The molecule has 2 N–H and O–H groups in total. The van der Waals surface area contributed by atoms with Crippen molar-refractivity contribution in [2.24, 2.45) is 0 Å². The summed E-state index contributed by atoms with van der Waals surface area (Å²) in [6.45, 7) is 0.264. The van der Waals surface area contributed by atoms with E-state index in [9.17, 15) is 18.4 Å². The average molecular weight is 368 g/mol. The molecule has 0 saturated carbocycles. The molecule has 0 spiro atoms. The third-order valence-electron chi connectivity index (χ3n) is 3.61. The summed E-state index contributed by atoms with van der Waals surface area (Å²) in [6, 6.07) is 9.31. The maximum Gasteiger partial charge on any atom is 0.270 e. The van der Waals surface area contributed by atoms with E-state index in [1.165, 1.54) is 24.4 Å². The molecule has 6 nitrogen and oxygen atoms in total. The Morgan fingerprint density at radius 1 is 0.963 bits per heavy atom. The number of hydrogen-bond acceptors (Lipinski definition) is 4. The fourth-order valence-corrected chi connectivity index (χ4v) is 2.25. The molecule has 2 amide bonds. The smallest absolute Gasteiger partial charge is 0.270 e. The first-order valence-electron chi connectivity index (χ1n) is 7.92. The van der Waals surface area contributed by atoms with Crippen LogP contribution in [-0.2, 0) is 6.54 Å². The van der Waals surface area contributed by atoms with E-state index < -0.39 is 23.4 Å². The van der Waals surface area contributed by atoms with Gasteiger partial charge in [-0.15, -0.1) is 0 Å². The Balaban J connectivity index is 1.67. The SMILES string of the molecule is O=C(Nc1ccc(F)c(F)c1)c1ccnc(C(=O)NCc2cccnc2)c1. The number of hydrogen-bond donors (Lipinski definition) is 2. The van der Waals surface area contributed by atoms with Gasteiger partial charge in [0.15, 0.2) is 11.6 Å². The number of halogens is 2. The first-order valence-corrected chi connectivity index (χ1v) is 7.92. The molecule has 0 bridgehead atoms. The van der Waals surface area contributed by atoms with Gasteiger partial charge in [-0.05, 0) is 35.9 Å². The first kappa shape index (κ1) is 18.1. The largest absolute Gasteiger partial charge is 0.347 e. The fourth-order valence-electron chi connectivity index (χ4n) is 2.25. The van der Waals surface area contributed by atoms with Crippen molar-refractivity contribution in [1.82, 2.24) is 15.3 Å². The van der Waals surface area contributed by atoms with E-state index in [2.05, 4.69) is 20.6 Å². The Morgan fingerprint density at radius 2 is 1.81 bits per heavy atom.